The summed E-state index contributed by atoms with van der Waals surface area (Å²) >= 11 is 0. The van der Waals surface area contributed by atoms with E-state index in [0.717, 1.165) is 71.2 Å². The second-order valence-electron chi connectivity index (χ2n) is 13.1. The molecule has 1 amide bonds. The lowest BCUT2D eigenvalue weighted by molar-refractivity contribution is -0.129. The van der Waals surface area contributed by atoms with Crippen molar-refractivity contribution in [2.75, 3.05) is 59.0 Å². The predicted octanol–water partition coefficient (Wildman–Crippen LogP) is 0.408. The van der Waals surface area contributed by atoms with Crippen LogP contribution in [0.2, 0.25) is 0 Å². The lowest BCUT2D eigenvalue weighted by Crippen LogP contribution is -2.69. The summed E-state index contributed by atoms with van der Waals surface area (Å²) in [5, 5.41) is 10.4. The average molecular weight is 550 g/mol. The van der Waals surface area contributed by atoms with Crippen molar-refractivity contribution >= 4 is 5.91 Å². The highest BCUT2D eigenvalue weighted by Crippen LogP contribution is 2.42. The Morgan fingerprint density at radius 1 is 1.15 bits per heavy atom. The van der Waals surface area contributed by atoms with Crippen molar-refractivity contribution < 1.29 is 13.9 Å². The third-order valence-electron chi connectivity index (χ3n) is 10.00. The molecule has 5 rings (SSSR count). The molecule has 0 radical (unpaired) electrons. The molecule has 39 heavy (non-hydrogen) atoms. The van der Waals surface area contributed by atoms with Gasteiger partial charge in [0, 0.05) is 51.4 Å². The van der Waals surface area contributed by atoms with Gasteiger partial charge in [0.1, 0.15) is 6.17 Å². The van der Waals surface area contributed by atoms with Crippen molar-refractivity contribution in [3.05, 3.63) is 12.2 Å². The van der Waals surface area contributed by atoms with Gasteiger partial charge in [0.25, 0.3) is 0 Å². The van der Waals surface area contributed by atoms with Crippen LogP contribution in [0.1, 0.15) is 46.0 Å². The van der Waals surface area contributed by atoms with Crippen LogP contribution in [0.15, 0.2) is 12.2 Å². The first-order valence-electron chi connectivity index (χ1n) is 15.4. The number of halogens is 1. The van der Waals surface area contributed by atoms with Crippen LogP contribution in [-0.2, 0) is 9.53 Å². The van der Waals surface area contributed by atoms with Gasteiger partial charge in [0.05, 0.1) is 37.4 Å². The number of hydrogen-bond donors (Lipinski definition) is 5. The molecule has 9 nitrogen and oxygen atoms in total. The Morgan fingerprint density at radius 3 is 2.49 bits per heavy atom. The molecule has 222 valence electrons. The maximum Gasteiger partial charge on any atom is 0.227 e. The minimum atomic E-state index is -1.10. The highest BCUT2D eigenvalue weighted by atomic mass is 19.1. The molecule has 7 atom stereocenters. The SMILES string of the molecule is CCCC1(C)C=CC(F)CNC(C(C(=O)NC2CNCC(C3CC3)C2N2CCN(C3COC3)CC2)C(N)N)C1. The van der Waals surface area contributed by atoms with Gasteiger partial charge in [-0.05, 0) is 49.5 Å². The average Bonchev–Trinajstić information content (AvgIpc) is 3.70. The zero-order valence-electron chi connectivity index (χ0n) is 24.0. The van der Waals surface area contributed by atoms with Gasteiger partial charge in [-0.3, -0.25) is 14.6 Å². The summed E-state index contributed by atoms with van der Waals surface area (Å²) in [6.45, 7) is 12.0. The first kappa shape index (κ1) is 29.4. The predicted molar refractivity (Wildman–Crippen MR) is 152 cm³/mol. The van der Waals surface area contributed by atoms with Crippen molar-refractivity contribution in [3.63, 3.8) is 0 Å². The van der Waals surface area contributed by atoms with Crippen molar-refractivity contribution in [2.45, 2.75) is 82.5 Å². The van der Waals surface area contributed by atoms with E-state index in [1.165, 1.54) is 12.8 Å². The maximum atomic E-state index is 14.6. The van der Waals surface area contributed by atoms with Gasteiger partial charge in [-0.1, -0.05) is 32.4 Å². The smallest absolute Gasteiger partial charge is 0.227 e. The summed E-state index contributed by atoms with van der Waals surface area (Å²) in [6.07, 6.45) is 6.87. The van der Waals surface area contributed by atoms with E-state index in [0.29, 0.717) is 24.4 Å². The van der Waals surface area contributed by atoms with Crippen LogP contribution in [-0.4, -0.2) is 111 Å². The molecule has 0 aromatic carbocycles. The molecule has 4 fully saturated rings. The molecule has 4 heterocycles. The number of nitrogens with zero attached hydrogens (tertiary/aromatic N) is 2. The molecule has 3 saturated heterocycles. The summed E-state index contributed by atoms with van der Waals surface area (Å²) in [4.78, 5) is 19.2. The van der Waals surface area contributed by atoms with Gasteiger partial charge in [-0.15, -0.1) is 0 Å². The lowest BCUT2D eigenvalue weighted by Gasteiger charge is -2.50. The van der Waals surface area contributed by atoms with Gasteiger partial charge in [0.15, 0.2) is 0 Å². The summed E-state index contributed by atoms with van der Waals surface area (Å²) < 4.78 is 20.0. The van der Waals surface area contributed by atoms with Crippen molar-refractivity contribution in [1.82, 2.24) is 25.8 Å². The van der Waals surface area contributed by atoms with E-state index < -0.39 is 18.3 Å². The molecule has 1 saturated carbocycles. The Balaban J connectivity index is 1.30. The lowest BCUT2D eigenvalue weighted by atomic mass is 9.74. The van der Waals surface area contributed by atoms with E-state index in [1.807, 2.05) is 6.08 Å². The zero-order chi connectivity index (χ0) is 27.6. The van der Waals surface area contributed by atoms with E-state index in [1.54, 1.807) is 6.08 Å². The summed E-state index contributed by atoms with van der Waals surface area (Å²) in [5.41, 5.74) is 12.4. The van der Waals surface area contributed by atoms with Crippen molar-refractivity contribution in [2.24, 2.45) is 34.6 Å². The van der Waals surface area contributed by atoms with Gasteiger partial charge >= 0.3 is 0 Å². The van der Waals surface area contributed by atoms with Gasteiger partial charge < -0.3 is 32.2 Å². The van der Waals surface area contributed by atoms with Crippen LogP contribution < -0.4 is 27.4 Å². The first-order chi connectivity index (χ1) is 18.8. The molecule has 7 N–H and O–H groups in total. The Hall–Kier alpha value is -1.14. The normalized spacial score (nSPS) is 38.2. The first-order valence-corrected chi connectivity index (χ1v) is 15.4. The molecule has 0 spiro atoms. The molecule has 4 aliphatic heterocycles. The number of carbonyl (C=O) groups excluding carboxylic acids is 1. The van der Waals surface area contributed by atoms with E-state index >= 15 is 0 Å². The molecule has 0 bridgehead atoms. The molecular formula is C29H52FN7O2. The maximum absolute atomic E-state index is 14.6. The fourth-order valence-electron chi connectivity index (χ4n) is 7.64. The number of piperazine rings is 1. The molecule has 10 heteroatoms. The van der Waals surface area contributed by atoms with Crippen LogP contribution >= 0.6 is 0 Å². The van der Waals surface area contributed by atoms with E-state index in [4.69, 9.17) is 16.2 Å². The number of rotatable bonds is 9. The number of carbonyl (C=O) groups is 1. The molecule has 1 aliphatic carbocycles. The topological polar surface area (TPSA) is 121 Å². The van der Waals surface area contributed by atoms with Crippen molar-refractivity contribution in [3.8, 4) is 0 Å². The highest BCUT2D eigenvalue weighted by molar-refractivity contribution is 5.80. The Morgan fingerprint density at radius 2 is 1.87 bits per heavy atom. The minimum absolute atomic E-state index is 0.0129. The second kappa shape index (κ2) is 12.8. The third-order valence-corrected chi connectivity index (χ3v) is 10.00. The molecule has 5 aliphatic rings. The van der Waals surface area contributed by atoms with Gasteiger partial charge in [-0.2, -0.15) is 0 Å². The minimum Gasteiger partial charge on any atom is -0.378 e. The number of hydrogen-bond acceptors (Lipinski definition) is 8. The standard InChI is InChI=1S/C29H52FN7O2/c1-3-7-29(2)8-6-20(30)14-34-23(13-29)25(27(31)32)28(38)35-24-16-33-15-22(19-4-5-19)26(24)37-11-9-36(10-12-37)21-17-39-18-21/h6,8,19-27,33-34H,3-5,7,9-18,31-32H2,1-2H3,(H,35,38). The Kier molecular flexibility index (Phi) is 9.63. The number of allylic oxidation sites excluding steroid dienone is 1. The molecule has 0 aromatic heterocycles. The third kappa shape index (κ3) is 7.02. The highest BCUT2D eigenvalue weighted by Gasteiger charge is 2.47. The van der Waals surface area contributed by atoms with Crippen LogP contribution in [0.5, 0.6) is 0 Å². The summed E-state index contributed by atoms with van der Waals surface area (Å²) in [6, 6.07) is 0.550. The zero-order valence-corrected chi connectivity index (χ0v) is 24.0. The molecular weight excluding hydrogens is 497 g/mol. The van der Waals surface area contributed by atoms with Crippen molar-refractivity contribution in [1.29, 1.82) is 0 Å². The number of piperidine rings is 1. The van der Waals surface area contributed by atoms with Crippen LogP contribution in [0.3, 0.4) is 0 Å². The number of nitrogens with two attached hydrogens (primary N) is 2. The van der Waals surface area contributed by atoms with Crippen LogP contribution in [0.25, 0.3) is 0 Å². The van der Waals surface area contributed by atoms with Crippen LogP contribution in [0, 0.1) is 23.2 Å². The number of alkyl halides is 1. The van der Waals surface area contributed by atoms with E-state index in [-0.39, 0.29) is 30.0 Å². The Labute approximate surface area is 234 Å². The molecule has 7 unspecified atom stereocenters. The largest absolute Gasteiger partial charge is 0.378 e. The summed E-state index contributed by atoms with van der Waals surface area (Å²) in [7, 11) is 0. The van der Waals surface area contributed by atoms with E-state index in [2.05, 4.69) is 39.6 Å². The monoisotopic (exact) mass is 549 g/mol. The molecule has 0 aromatic rings. The van der Waals surface area contributed by atoms with E-state index in [9.17, 15) is 9.18 Å². The van der Waals surface area contributed by atoms with Gasteiger partial charge in [0.2, 0.25) is 5.91 Å². The number of nitrogens with one attached hydrogen (secondary N) is 3. The number of ether oxygens (including phenoxy) is 1. The summed E-state index contributed by atoms with van der Waals surface area (Å²) in [5.74, 6) is 0.498. The Bertz CT molecular complexity index is 845. The number of amides is 1. The fraction of sp³-hybridized carbons (Fsp3) is 0.897. The second-order valence-corrected chi connectivity index (χ2v) is 13.1. The quantitative estimate of drug-likeness (QED) is 0.207. The fourth-order valence-corrected chi connectivity index (χ4v) is 7.64. The van der Waals surface area contributed by atoms with Crippen LogP contribution in [0.4, 0.5) is 4.39 Å². The van der Waals surface area contributed by atoms with Gasteiger partial charge in [-0.25, -0.2) is 4.39 Å².